The van der Waals surface area contributed by atoms with E-state index >= 15 is 0 Å². The summed E-state index contributed by atoms with van der Waals surface area (Å²) in [6, 6.07) is 6.13. The van der Waals surface area contributed by atoms with Gasteiger partial charge in [0.25, 0.3) is 0 Å². The Kier molecular flexibility index (Phi) is 18.9. The Labute approximate surface area is 199 Å². The van der Waals surface area contributed by atoms with Crippen LogP contribution >= 0.6 is 24.0 Å². The zero-order chi connectivity index (χ0) is 21.2. The second-order valence-electron chi connectivity index (χ2n) is 6.40. The molecule has 2 N–H and O–H groups in total. The van der Waals surface area contributed by atoms with Gasteiger partial charge in [-0.2, -0.15) is 0 Å². The summed E-state index contributed by atoms with van der Waals surface area (Å²) in [7, 11) is 1.68. The molecule has 0 aliphatic rings. The van der Waals surface area contributed by atoms with Crippen molar-refractivity contribution in [2.24, 2.45) is 4.99 Å². The first-order chi connectivity index (χ1) is 14.2. The van der Waals surface area contributed by atoms with Gasteiger partial charge < -0.3 is 29.6 Å². The van der Waals surface area contributed by atoms with Gasteiger partial charge in [-0.25, -0.2) is 0 Å². The monoisotopic (exact) mass is 537 g/mol. The molecule has 0 atom stereocenters. The summed E-state index contributed by atoms with van der Waals surface area (Å²) in [5, 5.41) is 6.69. The van der Waals surface area contributed by atoms with Crippen LogP contribution in [0, 0.1) is 0 Å². The average Bonchev–Trinajstić information content (AvgIpc) is 2.72. The Balaban J connectivity index is 0.00000841. The summed E-state index contributed by atoms with van der Waals surface area (Å²) in [5.41, 5.74) is 1.20. The van der Waals surface area contributed by atoms with Crippen LogP contribution in [0.3, 0.4) is 0 Å². The number of hydrogen-bond donors (Lipinski definition) is 2. The Morgan fingerprint density at radius 1 is 0.933 bits per heavy atom. The molecule has 0 bridgehead atoms. The fourth-order valence-corrected chi connectivity index (χ4v) is 2.67. The van der Waals surface area contributed by atoms with Gasteiger partial charge in [0.05, 0.1) is 26.4 Å². The number of nitrogens with one attached hydrogen (secondary N) is 2. The van der Waals surface area contributed by atoms with Crippen molar-refractivity contribution < 1.29 is 18.9 Å². The molecule has 1 rings (SSSR count). The van der Waals surface area contributed by atoms with Crippen LogP contribution < -0.4 is 20.1 Å². The molecule has 0 saturated carbocycles. The van der Waals surface area contributed by atoms with Crippen molar-refractivity contribution in [1.29, 1.82) is 0 Å². The van der Waals surface area contributed by atoms with E-state index in [-0.39, 0.29) is 24.0 Å². The predicted molar refractivity (Wildman–Crippen MR) is 134 cm³/mol. The molecule has 1 aromatic carbocycles. The molecule has 0 aliphatic carbocycles. The second kappa shape index (κ2) is 19.7. The summed E-state index contributed by atoms with van der Waals surface area (Å²) in [6.07, 6.45) is 2.88. The van der Waals surface area contributed by atoms with Gasteiger partial charge >= 0.3 is 0 Å². The van der Waals surface area contributed by atoms with E-state index in [9.17, 15) is 0 Å². The van der Waals surface area contributed by atoms with Gasteiger partial charge in [-0.15, -0.1) is 24.0 Å². The van der Waals surface area contributed by atoms with Gasteiger partial charge in [0.1, 0.15) is 0 Å². The van der Waals surface area contributed by atoms with Gasteiger partial charge in [-0.3, -0.25) is 4.99 Å². The first-order valence-corrected chi connectivity index (χ1v) is 10.7. The predicted octanol–water partition coefficient (Wildman–Crippen LogP) is 3.64. The highest BCUT2D eigenvalue weighted by molar-refractivity contribution is 14.0. The highest BCUT2D eigenvalue weighted by atomic mass is 127. The van der Waals surface area contributed by atoms with E-state index in [1.165, 1.54) is 5.56 Å². The van der Waals surface area contributed by atoms with Gasteiger partial charge in [-0.1, -0.05) is 6.07 Å². The van der Waals surface area contributed by atoms with Crippen LogP contribution in [-0.4, -0.2) is 65.7 Å². The van der Waals surface area contributed by atoms with E-state index in [0.29, 0.717) is 26.4 Å². The third-order valence-electron chi connectivity index (χ3n) is 4.06. The number of ether oxygens (including phenoxy) is 4. The molecule has 0 saturated heterocycles. The van der Waals surface area contributed by atoms with Crippen LogP contribution in [0.1, 0.15) is 39.2 Å². The third kappa shape index (κ3) is 13.1. The molecule has 0 aromatic heterocycles. The standard InChI is InChI=1S/C22H39N3O4.HI/c1-5-23-22(24-13-8-9-15-27-17-16-26-4)25-14-12-19-10-11-20(28-6-2)21(18-19)29-7-3;/h10-11,18H,5-9,12-17H2,1-4H3,(H2,23,24,25);1H. The lowest BCUT2D eigenvalue weighted by molar-refractivity contribution is 0.0690. The highest BCUT2D eigenvalue weighted by Crippen LogP contribution is 2.28. The number of aliphatic imine (C=N–C) groups is 1. The van der Waals surface area contributed by atoms with Crippen LogP contribution in [0.15, 0.2) is 23.2 Å². The Morgan fingerprint density at radius 2 is 1.70 bits per heavy atom. The van der Waals surface area contributed by atoms with E-state index < -0.39 is 0 Å². The number of unbranched alkanes of at least 4 members (excludes halogenated alkanes) is 1. The van der Waals surface area contributed by atoms with Crippen molar-refractivity contribution in [2.45, 2.75) is 40.0 Å². The number of nitrogens with zero attached hydrogens (tertiary/aromatic N) is 1. The normalized spacial score (nSPS) is 11.0. The first kappa shape index (κ1) is 28.7. The topological polar surface area (TPSA) is 73.3 Å². The number of guanidine groups is 1. The van der Waals surface area contributed by atoms with Crippen molar-refractivity contribution in [2.75, 3.05) is 59.8 Å². The molecule has 1 aromatic rings. The van der Waals surface area contributed by atoms with Crippen LogP contribution in [0.2, 0.25) is 0 Å². The number of methoxy groups -OCH3 is 1. The maximum Gasteiger partial charge on any atom is 0.191 e. The van der Waals surface area contributed by atoms with Crippen LogP contribution in [0.5, 0.6) is 11.5 Å². The molecule has 30 heavy (non-hydrogen) atoms. The fraction of sp³-hybridized carbons (Fsp3) is 0.682. The molecule has 0 amide bonds. The molecule has 0 aliphatic heterocycles. The minimum atomic E-state index is 0. The van der Waals surface area contributed by atoms with E-state index in [4.69, 9.17) is 18.9 Å². The largest absolute Gasteiger partial charge is 0.490 e. The lowest BCUT2D eigenvalue weighted by Gasteiger charge is -2.14. The lowest BCUT2D eigenvalue weighted by Crippen LogP contribution is -2.38. The minimum Gasteiger partial charge on any atom is -0.490 e. The Bertz CT molecular complexity index is 573. The highest BCUT2D eigenvalue weighted by Gasteiger charge is 2.06. The van der Waals surface area contributed by atoms with Crippen LogP contribution in [0.4, 0.5) is 0 Å². The third-order valence-corrected chi connectivity index (χ3v) is 4.06. The number of halogens is 1. The molecule has 0 radical (unpaired) electrons. The number of benzene rings is 1. The summed E-state index contributed by atoms with van der Waals surface area (Å²) >= 11 is 0. The summed E-state index contributed by atoms with van der Waals surface area (Å²) in [6.45, 7) is 11.7. The fourth-order valence-electron chi connectivity index (χ4n) is 2.67. The van der Waals surface area contributed by atoms with Crippen molar-refractivity contribution in [3.8, 4) is 11.5 Å². The maximum atomic E-state index is 5.70. The zero-order valence-electron chi connectivity index (χ0n) is 19.0. The van der Waals surface area contributed by atoms with Crippen molar-refractivity contribution in [3.63, 3.8) is 0 Å². The van der Waals surface area contributed by atoms with E-state index in [2.05, 4.69) is 34.7 Å². The summed E-state index contributed by atoms with van der Waals surface area (Å²) in [4.78, 5) is 4.63. The van der Waals surface area contributed by atoms with Crippen LogP contribution in [0.25, 0.3) is 0 Å². The summed E-state index contributed by atoms with van der Waals surface area (Å²) < 4.78 is 21.8. The molecule has 7 nitrogen and oxygen atoms in total. The molecular formula is C22H40IN3O4. The molecule has 0 unspecified atom stereocenters. The average molecular weight is 537 g/mol. The number of hydrogen-bond acceptors (Lipinski definition) is 5. The molecule has 0 heterocycles. The lowest BCUT2D eigenvalue weighted by atomic mass is 10.1. The first-order valence-electron chi connectivity index (χ1n) is 10.7. The Morgan fingerprint density at radius 3 is 2.40 bits per heavy atom. The van der Waals surface area contributed by atoms with Crippen LogP contribution in [-0.2, 0) is 15.9 Å². The van der Waals surface area contributed by atoms with E-state index in [0.717, 1.165) is 63.0 Å². The molecule has 0 fully saturated rings. The van der Waals surface area contributed by atoms with Gasteiger partial charge in [-0.05, 0) is 57.7 Å². The van der Waals surface area contributed by atoms with Gasteiger partial charge in [0.2, 0.25) is 0 Å². The molecule has 174 valence electrons. The molecule has 8 heteroatoms. The zero-order valence-corrected chi connectivity index (χ0v) is 21.3. The Hall–Kier alpha value is -1.26. The van der Waals surface area contributed by atoms with Crippen molar-refractivity contribution >= 4 is 29.9 Å². The maximum absolute atomic E-state index is 5.70. The summed E-state index contributed by atoms with van der Waals surface area (Å²) in [5.74, 6) is 2.45. The SMILES string of the molecule is CCNC(=NCCCCOCCOC)NCCc1ccc(OCC)c(OCC)c1.I. The van der Waals surface area contributed by atoms with Gasteiger partial charge in [0, 0.05) is 33.4 Å². The van der Waals surface area contributed by atoms with E-state index in [1.807, 2.05) is 19.9 Å². The number of rotatable bonds is 16. The molecular weight excluding hydrogens is 497 g/mol. The molecule has 0 spiro atoms. The minimum absolute atomic E-state index is 0. The second-order valence-corrected chi connectivity index (χ2v) is 6.40. The van der Waals surface area contributed by atoms with Crippen molar-refractivity contribution in [1.82, 2.24) is 10.6 Å². The quantitative estimate of drug-likeness (QED) is 0.145. The van der Waals surface area contributed by atoms with Gasteiger partial charge in [0.15, 0.2) is 17.5 Å². The van der Waals surface area contributed by atoms with Crippen molar-refractivity contribution in [3.05, 3.63) is 23.8 Å². The smallest absolute Gasteiger partial charge is 0.191 e. The van der Waals surface area contributed by atoms with E-state index in [1.54, 1.807) is 7.11 Å².